The van der Waals surface area contributed by atoms with Crippen LogP contribution in [0.2, 0.25) is 0 Å². The summed E-state index contributed by atoms with van der Waals surface area (Å²) in [6, 6.07) is 7.58. The number of sulfonamides is 1. The summed E-state index contributed by atoms with van der Waals surface area (Å²) in [5.74, 6) is -0.269. The van der Waals surface area contributed by atoms with Crippen LogP contribution >= 0.6 is 11.3 Å². The Balaban J connectivity index is 1.73. The second kappa shape index (κ2) is 6.77. The molecule has 1 unspecified atom stereocenters. The van der Waals surface area contributed by atoms with Crippen LogP contribution in [0.1, 0.15) is 18.5 Å². The zero-order valence-corrected chi connectivity index (χ0v) is 14.0. The quantitative estimate of drug-likeness (QED) is 0.888. The van der Waals surface area contributed by atoms with Crippen molar-refractivity contribution in [1.29, 1.82) is 0 Å². The fourth-order valence-electron chi connectivity index (χ4n) is 2.64. The van der Waals surface area contributed by atoms with E-state index in [9.17, 15) is 13.2 Å². The Kier molecular flexibility index (Phi) is 4.74. The van der Waals surface area contributed by atoms with Gasteiger partial charge in [-0.3, -0.25) is 4.79 Å². The van der Waals surface area contributed by atoms with Gasteiger partial charge in [-0.1, -0.05) is 18.2 Å². The average molecular weight is 351 g/mol. The number of aromatic nitrogens is 1. The Bertz CT molecular complexity index is 761. The zero-order valence-electron chi connectivity index (χ0n) is 12.4. The van der Waals surface area contributed by atoms with Gasteiger partial charge in [-0.2, -0.15) is 4.31 Å². The number of amides is 1. The van der Waals surface area contributed by atoms with Gasteiger partial charge in [0.1, 0.15) is 6.04 Å². The molecule has 0 bridgehead atoms. The zero-order chi connectivity index (χ0) is 16.3. The second-order valence-corrected chi connectivity index (χ2v) is 7.89. The van der Waals surface area contributed by atoms with E-state index in [1.165, 1.54) is 15.6 Å². The number of hydrogen-bond donors (Lipinski definition) is 1. The standard InChI is InChI=1S/C15H17N3O3S2/c19-15(16-9-12-10-22-11-17-12)14-7-4-8-18(14)23(20,21)13-5-2-1-3-6-13/h1-3,5-6,10-11,14H,4,7-9H2,(H,16,19). The van der Waals surface area contributed by atoms with Crippen LogP contribution in [0.3, 0.4) is 0 Å². The van der Waals surface area contributed by atoms with Crippen LogP contribution in [0.25, 0.3) is 0 Å². The van der Waals surface area contributed by atoms with Crippen LogP contribution in [0, 0.1) is 0 Å². The van der Waals surface area contributed by atoms with Crippen molar-refractivity contribution >= 4 is 27.3 Å². The third-order valence-electron chi connectivity index (χ3n) is 3.78. The lowest BCUT2D eigenvalue weighted by molar-refractivity contribution is -0.124. The molecule has 1 amide bonds. The lowest BCUT2D eigenvalue weighted by atomic mass is 10.2. The van der Waals surface area contributed by atoms with Crippen LogP contribution in [0.15, 0.2) is 46.1 Å². The average Bonchev–Trinajstić information content (AvgIpc) is 3.25. The molecule has 2 heterocycles. The van der Waals surface area contributed by atoms with Crippen molar-refractivity contribution in [2.75, 3.05) is 6.54 Å². The third-order valence-corrected chi connectivity index (χ3v) is 6.34. The first kappa shape index (κ1) is 16.1. The van der Waals surface area contributed by atoms with Crippen LogP contribution in [0.4, 0.5) is 0 Å². The molecule has 1 aromatic heterocycles. The molecular formula is C15H17N3O3S2. The topological polar surface area (TPSA) is 79.4 Å². The van der Waals surface area contributed by atoms with Gasteiger partial charge in [-0.15, -0.1) is 11.3 Å². The molecule has 1 aliphatic rings. The predicted molar refractivity (Wildman–Crippen MR) is 87.3 cm³/mol. The Morgan fingerprint density at radius 1 is 1.35 bits per heavy atom. The normalized spacial score (nSPS) is 18.9. The maximum Gasteiger partial charge on any atom is 0.243 e. The number of hydrogen-bond acceptors (Lipinski definition) is 5. The van der Waals surface area contributed by atoms with Crippen molar-refractivity contribution in [2.24, 2.45) is 0 Å². The molecule has 1 aliphatic heterocycles. The maximum atomic E-state index is 12.7. The van der Waals surface area contributed by atoms with Crippen LogP contribution in [0.5, 0.6) is 0 Å². The molecule has 1 saturated heterocycles. The molecule has 8 heteroatoms. The highest BCUT2D eigenvalue weighted by atomic mass is 32.2. The number of nitrogens with zero attached hydrogens (tertiary/aromatic N) is 2. The van der Waals surface area contributed by atoms with E-state index >= 15 is 0 Å². The molecule has 0 spiro atoms. The number of benzene rings is 1. The Hall–Kier alpha value is -1.77. The van der Waals surface area contributed by atoms with Crippen molar-refractivity contribution in [2.45, 2.75) is 30.3 Å². The summed E-state index contributed by atoms with van der Waals surface area (Å²) < 4.78 is 26.7. The molecule has 1 N–H and O–H groups in total. The Morgan fingerprint density at radius 2 is 2.13 bits per heavy atom. The first-order valence-corrected chi connectivity index (χ1v) is 9.69. The van der Waals surface area contributed by atoms with E-state index in [1.54, 1.807) is 35.8 Å². The first-order chi connectivity index (χ1) is 11.1. The summed E-state index contributed by atoms with van der Waals surface area (Å²) in [5.41, 5.74) is 2.47. The molecule has 6 nitrogen and oxygen atoms in total. The van der Waals surface area contributed by atoms with Gasteiger partial charge < -0.3 is 5.32 Å². The Labute approximate surface area is 139 Å². The number of nitrogens with one attached hydrogen (secondary N) is 1. The van der Waals surface area contributed by atoms with Gasteiger partial charge in [-0.05, 0) is 25.0 Å². The van der Waals surface area contributed by atoms with Gasteiger partial charge in [0.05, 0.1) is 22.6 Å². The lowest BCUT2D eigenvalue weighted by Crippen LogP contribution is -2.45. The van der Waals surface area contributed by atoms with Crippen LogP contribution < -0.4 is 5.32 Å². The van der Waals surface area contributed by atoms with Crippen molar-refractivity contribution in [3.05, 3.63) is 46.9 Å². The minimum absolute atomic E-state index is 0.221. The number of carbonyl (C=O) groups is 1. The van der Waals surface area contributed by atoms with Gasteiger partial charge >= 0.3 is 0 Å². The monoisotopic (exact) mass is 351 g/mol. The molecule has 1 fully saturated rings. The van der Waals surface area contributed by atoms with E-state index in [4.69, 9.17) is 0 Å². The van der Waals surface area contributed by atoms with Gasteiger partial charge in [-0.25, -0.2) is 13.4 Å². The predicted octanol–water partition coefficient (Wildman–Crippen LogP) is 1.61. The lowest BCUT2D eigenvalue weighted by Gasteiger charge is -2.23. The summed E-state index contributed by atoms with van der Waals surface area (Å²) in [5, 5.41) is 4.63. The largest absolute Gasteiger partial charge is 0.349 e. The molecule has 1 aromatic carbocycles. The third kappa shape index (κ3) is 3.44. The van der Waals surface area contributed by atoms with Gasteiger partial charge in [0.2, 0.25) is 15.9 Å². The van der Waals surface area contributed by atoms with Gasteiger partial charge in [0.15, 0.2) is 0 Å². The van der Waals surface area contributed by atoms with Crippen LogP contribution in [-0.4, -0.2) is 36.2 Å². The van der Waals surface area contributed by atoms with E-state index in [0.717, 1.165) is 5.69 Å². The minimum atomic E-state index is -3.65. The number of carbonyl (C=O) groups excluding carboxylic acids is 1. The molecule has 3 rings (SSSR count). The SMILES string of the molecule is O=C(NCc1cscn1)C1CCCN1S(=O)(=O)c1ccccc1. The fraction of sp³-hybridized carbons (Fsp3) is 0.333. The van der Waals surface area contributed by atoms with Crippen molar-refractivity contribution in [1.82, 2.24) is 14.6 Å². The smallest absolute Gasteiger partial charge is 0.243 e. The highest BCUT2D eigenvalue weighted by Gasteiger charge is 2.39. The van der Waals surface area contributed by atoms with Crippen molar-refractivity contribution in [3.63, 3.8) is 0 Å². The first-order valence-electron chi connectivity index (χ1n) is 7.31. The molecule has 2 aromatic rings. The molecule has 0 saturated carbocycles. The van der Waals surface area contributed by atoms with E-state index in [1.807, 2.05) is 5.38 Å². The second-order valence-electron chi connectivity index (χ2n) is 5.28. The van der Waals surface area contributed by atoms with Crippen molar-refractivity contribution in [3.8, 4) is 0 Å². The van der Waals surface area contributed by atoms with E-state index in [0.29, 0.717) is 25.9 Å². The summed E-state index contributed by atoms with van der Waals surface area (Å²) in [6.45, 7) is 0.685. The van der Waals surface area contributed by atoms with E-state index < -0.39 is 16.1 Å². The molecular weight excluding hydrogens is 334 g/mol. The summed E-state index contributed by atoms with van der Waals surface area (Å²) in [4.78, 5) is 16.7. The molecule has 23 heavy (non-hydrogen) atoms. The Morgan fingerprint density at radius 3 is 2.83 bits per heavy atom. The maximum absolute atomic E-state index is 12.7. The highest BCUT2D eigenvalue weighted by Crippen LogP contribution is 2.26. The summed E-state index contributed by atoms with van der Waals surface area (Å²) in [7, 11) is -3.65. The van der Waals surface area contributed by atoms with E-state index in [2.05, 4.69) is 10.3 Å². The molecule has 122 valence electrons. The molecule has 1 atom stereocenters. The number of thiazole rings is 1. The fourth-order valence-corrected chi connectivity index (χ4v) is 4.87. The van der Waals surface area contributed by atoms with Crippen LogP contribution in [-0.2, 0) is 21.4 Å². The van der Waals surface area contributed by atoms with Crippen molar-refractivity contribution < 1.29 is 13.2 Å². The minimum Gasteiger partial charge on any atom is -0.349 e. The highest BCUT2D eigenvalue weighted by molar-refractivity contribution is 7.89. The van der Waals surface area contributed by atoms with E-state index in [-0.39, 0.29) is 10.8 Å². The number of rotatable bonds is 5. The summed E-state index contributed by atoms with van der Waals surface area (Å²) in [6.07, 6.45) is 1.22. The molecule has 0 radical (unpaired) electrons. The summed E-state index contributed by atoms with van der Waals surface area (Å²) >= 11 is 1.46. The van der Waals surface area contributed by atoms with Gasteiger partial charge in [0.25, 0.3) is 0 Å². The molecule has 0 aliphatic carbocycles. The van der Waals surface area contributed by atoms with Gasteiger partial charge in [0, 0.05) is 11.9 Å².